The number of aromatic nitrogens is 1. The average molecular weight is 343 g/mol. The van der Waals surface area contributed by atoms with Crippen LogP contribution in [0.25, 0.3) is 0 Å². The van der Waals surface area contributed by atoms with Gasteiger partial charge >= 0.3 is 0 Å². The largest absolute Gasteiger partial charge is 0.336 e. The second-order valence-electron chi connectivity index (χ2n) is 5.27. The highest BCUT2D eigenvalue weighted by atomic mass is 32.2. The fraction of sp³-hybridized carbons (Fsp3) is 0.278. The standard InChI is InChI=1S/C18H21N3O2S/c1-3-14-8-4-5-9-15(14)20-16(22)12-21(2)18(23)13-24-17-10-6-7-11-19-17/h4-11H,3,12-13H2,1-2H3,(H,20,22). The Morgan fingerprint density at radius 2 is 1.92 bits per heavy atom. The number of nitrogens with one attached hydrogen (secondary N) is 1. The Morgan fingerprint density at radius 3 is 2.62 bits per heavy atom. The van der Waals surface area contributed by atoms with Crippen molar-refractivity contribution < 1.29 is 9.59 Å². The van der Waals surface area contributed by atoms with E-state index in [4.69, 9.17) is 0 Å². The summed E-state index contributed by atoms with van der Waals surface area (Å²) in [6.07, 6.45) is 2.53. The number of nitrogens with zero attached hydrogens (tertiary/aromatic N) is 2. The normalized spacial score (nSPS) is 10.2. The Hall–Kier alpha value is -2.34. The molecule has 0 atom stereocenters. The Kier molecular flexibility index (Phi) is 6.81. The second kappa shape index (κ2) is 9.08. The first-order valence-electron chi connectivity index (χ1n) is 7.75. The molecule has 0 radical (unpaired) electrons. The van der Waals surface area contributed by atoms with Crippen LogP contribution in [-0.2, 0) is 16.0 Å². The number of rotatable bonds is 7. The van der Waals surface area contributed by atoms with Crippen LogP contribution in [0.4, 0.5) is 5.69 Å². The van der Waals surface area contributed by atoms with Gasteiger partial charge in [-0.15, -0.1) is 0 Å². The van der Waals surface area contributed by atoms with Gasteiger partial charge in [-0.3, -0.25) is 9.59 Å². The molecule has 1 aromatic heterocycles. The van der Waals surface area contributed by atoms with Crippen LogP contribution in [0.2, 0.25) is 0 Å². The molecule has 0 aliphatic carbocycles. The number of pyridine rings is 1. The van der Waals surface area contributed by atoms with Crippen molar-refractivity contribution in [1.29, 1.82) is 0 Å². The van der Waals surface area contributed by atoms with E-state index in [-0.39, 0.29) is 24.1 Å². The van der Waals surface area contributed by atoms with Gasteiger partial charge in [-0.1, -0.05) is 43.0 Å². The Labute approximate surface area is 146 Å². The lowest BCUT2D eigenvalue weighted by molar-refractivity contribution is -0.131. The molecule has 0 unspecified atom stereocenters. The van der Waals surface area contributed by atoms with Crippen LogP contribution in [0, 0.1) is 0 Å². The zero-order valence-electron chi connectivity index (χ0n) is 13.9. The van der Waals surface area contributed by atoms with Gasteiger partial charge in [0, 0.05) is 18.9 Å². The van der Waals surface area contributed by atoms with Crippen LogP contribution in [0.15, 0.2) is 53.7 Å². The number of benzene rings is 1. The highest BCUT2D eigenvalue weighted by Gasteiger charge is 2.14. The highest BCUT2D eigenvalue weighted by molar-refractivity contribution is 7.99. The Morgan fingerprint density at radius 1 is 1.17 bits per heavy atom. The summed E-state index contributed by atoms with van der Waals surface area (Å²) in [6, 6.07) is 13.2. The predicted molar refractivity (Wildman–Crippen MR) is 97.0 cm³/mol. The third-order valence-electron chi connectivity index (χ3n) is 3.46. The van der Waals surface area contributed by atoms with Crippen LogP contribution in [0.5, 0.6) is 0 Å². The number of carbonyl (C=O) groups is 2. The van der Waals surface area contributed by atoms with Gasteiger partial charge in [0.15, 0.2) is 0 Å². The molecule has 0 aliphatic rings. The van der Waals surface area contributed by atoms with Crippen molar-refractivity contribution in [2.45, 2.75) is 18.4 Å². The number of aryl methyl sites for hydroxylation is 1. The van der Waals surface area contributed by atoms with E-state index in [0.29, 0.717) is 0 Å². The van der Waals surface area contributed by atoms with Gasteiger partial charge < -0.3 is 10.2 Å². The summed E-state index contributed by atoms with van der Waals surface area (Å²) in [5.74, 6) is -0.0500. The average Bonchev–Trinajstić information content (AvgIpc) is 2.60. The van der Waals surface area contributed by atoms with E-state index in [2.05, 4.69) is 10.3 Å². The number of hydrogen-bond donors (Lipinski definition) is 1. The molecule has 2 rings (SSSR count). The van der Waals surface area contributed by atoms with Crippen LogP contribution < -0.4 is 5.32 Å². The van der Waals surface area contributed by atoms with Gasteiger partial charge in [0.05, 0.1) is 17.3 Å². The lowest BCUT2D eigenvalue weighted by Gasteiger charge is -2.17. The molecule has 1 aromatic carbocycles. The van der Waals surface area contributed by atoms with E-state index in [1.165, 1.54) is 16.7 Å². The molecule has 0 spiro atoms. The molecule has 126 valence electrons. The first-order valence-corrected chi connectivity index (χ1v) is 8.74. The summed E-state index contributed by atoms with van der Waals surface area (Å²) in [4.78, 5) is 29.9. The summed E-state index contributed by atoms with van der Waals surface area (Å²) in [7, 11) is 1.63. The maximum atomic E-state index is 12.1. The van der Waals surface area contributed by atoms with Crippen molar-refractivity contribution >= 4 is 29.3 Å². The molecule has 0 saturated heterocycles. The van der Waals surface area contributed by atoms with Gasteiger partial charge in [-0.25, -0.2) is 4.98 Å². The van der Waals surface area contributed by atoms with E-state index in [9.17, 15) is 9.59 Å². The number of thioether (sulfide) groups is 1. The third kappa shape index (κ3) is 5.38. The van der Waals surface area contributed by atoms with Crippen LogP contribution in [0.1, 0.15) is 12.5 Å². The van der Waals surface area contributed by atoms with E-state index in [1.807, 2.05) is 49.4 Å². The number of anilines is 1. The van der Waals surface area contributed by atoms with Gasteiger partial charge in [0.2, 0.25) is 11.8 Å². The maximum Gasteiger partial charge on any atom is 0.243 e. The lowest BCUT2D eigenvalue weighted by Crippen LogP contribution is -2.36. The van der Waals surface area contributed by atoms with E-state index in [1.54, 1.807) is 13.2 Å². The maximum absolute atomic E-state index is 12.1. The molecule has 0 fully saturated rings. The molecule has 5 nitrogen and oxygen atoms in total. The summed E-state index contributed by atoms with van der Waals surface area (Å²) in [5.41, 5.74) is 1.87. The SMILES string of the molecule is CCc1ccccc1NC(=O)CN(C)C(=O)CSc1ccccn1. The molecule has 1 heterocycles. The number of carbonyl (C=O) groups excluding carboxylic acids is 2. The van der Waals surface area contributed by atoms with E-state index < -0.39 is 0 Å². The summed E-state index contributed by atoms with van der Waals surface area (Å²) >= 11 is 1.36. The summed E-state index contributed by atoms with van der Waals surface area (Å²) < 4.78 is 0. The minimum absolute atomic E-state index is 0.0274. The molecule has 2 amide bonds. The van der Waals surface area contributed by atoms with Crippen LogP contribution in [0.3, 0.4) is 0 Å². The molecule has 6 heteroatoms. The highest BCUT2D eigenvalue weighted by Crippen LogP contribution is 2.16. The number of hydrogen-bond acceptors (Lipinski definition) is 4. The minimum atomic E-state index is -0.199. The van der Waals surface area contributed by atoms with E-state index >= 15 is 0 Å². The molecule has 0 saturated carbocycles. The topological polar surface area (TPSA) is 62.3 Å². The van der Waals surface area contributed by atoms with Crippen LogP contribution >= 0.6 is 11.8 Å². The van der Waals surface area contributed by atoms with Crippen molar-refractivity contribution in [3.05, 3.63) is 54.2 Å². The molecule has 2 aromatic rings. The second-order valence-corrected chi connectivity index (χ2v) is 6.26. The fourth-order valence-corrected chi connectivity index (χ4v) is 2.92. The summed E-state index contributed by atoms with van der Waals surface area (Å²) in [6.45, 7) is 2.06. The molecule has 0 aliphatic heterocycles. The van der Waals surface area contributed by atoms with Gasteiger partial charge in [0.1, 0.15) is 0 Å². The molecular weight excluding hydrogens is 322 g/mol. The first kappa shape index (κ1) is 18.0. The predicted octanol–water partition coefficient (Wildman–Crippen LogP) is 2.83. The minimum Gasteiger partial charge on any atom is -0.336 e. The number of para-hydroxylation sites is 1. The fourth-order valence-electron chi connectivity index (χ4n) is 2.12. The quantitative estimate of drug-likeness (QED) is 0.785. The summed E-state index contributed by atoms with van der Waals surface area (Å²) in [5, 5.41) is 3.66. The zero-order valence-corrected chi connectivity index (χ0v) is 14.7. The number of likely N-dealkylation sites (N-methyl/N-ethyl adjacent to an activating group) is 1. The molecule has 1 N–H and O–H groups in total. The van der Waals surface area contributed by atoms with Crippen molar-refractivity contribution in [1.82, 2.24) is 9.88 Å². The van der Waals surface area contributed by atoms with Gasteiger partial charge in [0.25, 0.3) is 0 Å². The smallest absolute Gasteiger partial charge is 0.243 e. The van der Waals surface area contributed by atoms with Crippen LogP contribution in [-0.4, -0.2) is 41.0 Å². The lowest BCUT2D eigenvalue weighted by atomic mass is 10.1. The monoisotopic (exact) mass is 343 g/mol. The molecular formula is C18H21N3O2S. The molecule has 24 heavy (non-hydrogen) atoms. The Bertz CT molecular complexity index is 692. The van der Waals surface area contributed by atoms with Crippen molar-refractivity contribution in [2.24, 2.45) is 0 Å². The van der Waals surface area contributed by atoms with Crippen molar-refractivity contribution in [3.8, 4) is 0 Å². The Balaban J connectivity index is 1.83. The van der Waals surface area contributed by atoms with Gasteiger partial charge in [-0.05, 0) is 30.2 Å². The zero-order chi connectivity index (χ0) is 17.4. The van der Waals surface area contributed by atoms with Gasteiger partial charge in [-0.2, -0.15) is 0 Å². The van der Waals surface area contributed by atoms with E-state index in [0.717, 1.165) is 22.7 Å². The molecule has 0 bridgehead atoms. The van der Waals surface area contributed by atoms with Crippen molar-refractivity contribution in [3.63, 3.8) is 0 Å². The third-order valence-corrected chi connectivity index (χ3v) is 4.39. The van der Waals surface area contributed by atoms with Crippen molar-refractivity contribution in [2.75, 3.05) is 24.7 Å². The number of amides is 2. The first-order chi connectivity index (χ1) is 11.6.